The fraction of sp³-hybridized carbons (Fsp3) is 0.238. The Labute approximate surface area is 153 Å². The predicted octanol–water partition coefficient (Wildman–Crippen LogP) is 4.22. The van der Waals surface area contributed by atoms with E-state index in [1.165, 1.54) is 0 Å². The molecular weight excluding hydrogens is 328 g/mol. The molecule has 0 atom stereocenters. The van der Waals surface area contributed by atoms with Crippen LogP contribution in [0.4, 0.5) is 10.5 Å². The smallest absolute Gasteiger partial charge is 0.333 e. The molecule has 0 aromatic heterocycles. The van der Waals surface area contributed by atoms with E-state index in [1.807, 2.05) is 25.1 Å². The Morgan fingerprint density at radius 1 is 1.12 bits per heavy atom. The van der Waals surface area contributed by atoms with Gasteiger partial charge in [-0.2, -0.15) is 0 Å². The number of hydrogen-bond acceptors (Lipinski definition) is 3. The number of hydrogen-bond donors (Lipinski definition) is 1. The van der Waals surface area contributed by atoms with Gasteiger partial charge < -0.3 is 10.1 Å². The number of nitrogens with one attached hydrogen (secondary N) is 1. The molecule has 0 saturated carbocycles. The molecule has 1 saturated heterocycles. The quantitative estimate of drug-likeness (QED) is 0.663. The summed E-state index contributed by atoms with van der Waals surface area (Å²) in [6, 6.07) is 12.4. The van der Waals surface area contributed by atoms with Crippen molar-refractivity contribution in [1.29, 1.82) is 0 Å². The first-order chi connectivity index (χ1) is 12.4. The monoisotopic (exact) mass is 350 g/mol. The molecule has 0 unspecified atom stereocenters. The summed E-state index contributed by atoms with van der Waals surface area (Å²) >= 11 is 0. The molecule has 2 aromatic carbocycles. The summed E-state index contributed by atoms with van der Waals surface area (Å²) in [6.45, 7) is 6.13. The van der Waals surface area contributed by atoms with Crippen LogP contribution in [0.5, 0.6) is 5.75 Å². The zero-order chi connectivity index (χ0) is 18.8. The normalized spacial score (nSPS) is 15.7. The highest BCUT2D eigenvalue weighted by molar-refractivity contribution is 6.28. The van der Waals surface area contributed by atoms with Gasteiger partial charge in [0, 0.05) is 0 Å². The lowest BCUT2D eigenvalue weighted by Crippen LogP contribution is -2.30. The Morgan fingerprint density at radius 2 is 1.81 bits per heavy atom. The first-order valence-electron chi connectivity index (χ1n) is 8.53. The van der Waals surface area contributed by atoms with Gasteiger partial charge in [-0.15, -0.1) is 0 Å². The first kappa shape index (κ1) is 17.7. The Morgan fingerprint density at radius 3 is 2.42 bits per heavy atom. The third-order valence-electron chi connectivity index (χ3n) is 4.43. The number of benzene rings is 2. The molecule has 5 heteroatoms. The number of para-hydroxylation sites is 1. The Bertz CT molecular complexity index is 886. The number of anilines is 1. The van der Waals surface area contributed by atoms with Crippen LogP contribution < -0.4 is 15.0 Å². The minimum atomic E-state index is -0.442. The molecule has 1 aliphatic heterocycles. The molecule has 3 amide bonds. The molecule has 1 heterocycles. The highest BCUT2D eigenvalue weighted by Gasteiger charge is 2.34. The number of carbonyl (C=O) groups is 2. The summed E-state index contributed by atoms with van der Waals surface area (Å²) < 4.78 is 5.46. The third kappa shape index (κ3) is 3.20. The van der Waals surface area contributed by atoms with E-state index in [-0.39, 0.29) is 17.5 Å². The largest absolute Gasteiger partial charge is 0.496 e. The Balaban J connectivity index is 2.00. The summed E-state index contributed by atoms with van der Waals surface area (Å²) in [5, 5.41) is 2.67. The maximum absolute atomic E-state index is 12.7. The van der Waals surface area contributed by atoms with E-state index in [9.17, 15) is 9.59 Å². The number of nitrogens with zero attached hydrogens (tertiary/aromatic N) is 1. The highest BCUT2D eigenvalue weighted by Crippen LogP contribution is 2.31. The van der Waals surface area contributed by atoms with E-state index in [2.05, 4.69) is 19.2 Å². The number of urea groups is 1. The average Bonchev–Trinajstić information content (AvgIpc) is 2.90. The topological polar surface area (TPSA) is 58.6 Å². The lowest BCUT2D eigenvalue weighted by Gasteiger charge is -2.15. The molecule has 0 bridgehead atoms. The molecule has 0 aliphatic carbocycles. The van der Waals surface area contributed by atoms with Crippen molar-refractivity contribution in [3.8, 4) is 5.75 Å². The minimum absolute atomic E-state index is 0.266. The lowest BCUT2D eigenvalue weighted by atomic mass is 9.96. The van der Waals surface area contributed by atoms with Gasteiger partial charge in [0.25, 0.3) is 5.91 Å². The Hall–Kier alpha value is -3.08. The van der Waals surface area contributed by atoms with Crippen LogP contribution in [0.25, 0.3) is 6.08 Å². The molecule has 134 valence electrons. The van der Waals surface area contributed by atoms with Crippen molar-refractivity contribution in [3.63, 3.8) is 0 Å². The molecular formula is C21H22N2O3. The maximum Gasteiger partial charge on any atom is 0.333 e. The van der Waals surface area contributed by atoms with E-state index in [1.54, 1.807) is 37.5 Å². The highest BCUT2D eigenvalue weighted by atomic mass is 16.5. The number of ether oxygens (including phenoxy) is 1. The van der Waals surface area contributed by atoms with Gasteiger partial charge in [-0.3, -0.25) is 4.79 Å². The van der Waals surface area contributed by atoms with E-state index < -0.39 is 6.03 Å². The standard InChI is InChI=1S/C21H22N2O3/c1-13(2)17-11-15(14(3)10-19(17)26-4)12-18-20(24)23(21(25)22-18)16-8-6-5-7-9-16/h5-13H,1-4H3,(H,22,25)/b18-12+. The van der Waals surface area contributed by atoms with Gasteiger partial charge in [-0.05, 0) is 59.9 Å². The van der Waals surface area contributed by atoms with Crippen LogP contribution in [-0.4, -0.2) is 19.0 Å². The van der Waals surface area contributed by atoms with E-state index in [4.69, 9.17) is 4.74 Å². The van der Waals surface area contributed by atoms with Crippen LogP contribution in [0.15, 0.2) is 48.2 Å². The zero-order valence-corrected chi connectivity index (χ0v) is 15.4. The molecule has 2 aromatic rings. The minimum Gasteiger partial charge on any atom is -0.496 e. The molecule has 1 aliphatic rings. The molecule has 1 N–H and O–H groups in total. The number of imide groups is 1. The summed E-state index contributed by atoms with van der Waals surface area (Å²) in [4.78, 5) is 26.1. The summed E-state index contributed by atoms with van der Waals surface area (Å²) in [5.41, 5.74) is 3.73. The molecule has 0 spiro atoms. The van der Waals surface area contributed by atoms with Crippen LogP contribution in [0, 0.1) is 6.92 Å². The van der Waals surface area contributed by atoms with Crippen molar-refractivity contribution in [1.82, 2.24) is 5.32 Å². The van der Waals surface area contributed by atoms with Crippen molar-refractivity contribution < 1.29 is 14.3 Å². The van der Waals surface area contributed by atoms with Crippen molar-refractivity contribution in [2.45, 2.75) is 26.7 Å². The molecule has 1 fully saturated rings. The van der Waals surface area contributed by atoms with Gasteiger partial charge in [0.15, 0.2) is 0 Å². The van der Waals surface area contributed by atoms with Crippen LogP contribution >= 0.6 is 0 Å². The summed E-state index contributed by atoms with van der Waals surface area (Å²) in [5.74, 6) is 0.743. The number of aryl methyl sites for hydroxylation is 1. The van der Waals surface area contributed by atoms with E-state index in [0.29, 0.717) is 5.69 Å². The van der Waals surface area contributed by atoms with Gasteiger partial charge >= 0.3 is 6.03 Å². The van der Waals surface area contributed by atoms with Crippen LogP contribution in [0.1, 0.15) is 36.5 Å². The van der Waals surface area contributed by atoms with Crippen LogP contribution in [-0.2, 0) is 4.79 Å². The second kappa shape index (κ2) is 7.04. The van der Waals surface area contributed by atoms with E-state index >= 15 is 0 Å². The Kier molecular flexibility index (Phi) is 4.80. The second-order valence-electron chi connectivity index (χ2n) is 6.57. The van der Waals surface area contributed by atoms with Gasteiger partial charge in [-0.1, -0.05) is 32.0 Å². The van der Waals surface area contributed by atoms with Gasteiger partial charge in [0.1, 0.15) is 11.4 Å². The number of amides is 3. The average molecular weight is 350 g/mol. The first-order valence-corrected chi connectivity index (χ1v) is 8.53. The van der Waals surface area contributed by atoms with Crippen LogP contribution in [0.3, 0.4) is 0 Å². The summed E-state index contributed by atoms with van der Waals surface area (Å²) in [6.07, 6.45) is 1.73. The van der Waals surface area contributed by atoms with Gasteiger partial charge in [0.2, 0.25) is 0 Å². The third-order valence-corrected chi connectivity index (χ3v) is 4.43. The SMILES string of the molecule is COc1cc(C)c(/C=C2/NC(=O)N(c3ccccc3)C2=O)cc1C(C)C. The maximum atomic E-state index is 12.7. The number of carbonyl (C=O) groups excluding carboxylic acids is 2. The van der Waals surface area contributed by atoms with Gasteiger partial charge in [0.05, 0.1) is 12.8 Å². The number of rotatable bonds is 4. The van der Waals surface area contributed by atoms with E-state index in [0.717, 1.165) is 27.3 Å². The van der Waals surface area contributed by atoms with Crippen molar-refractivity contribution in [3.05, 3.63) is 64.9 Å². The zero-order valence-electron chi connectivity index (χ0n) is 15.4. The van der Waals surface area contributed by atoms with Crippen molar-refractivity contribution >= 4 is 23.7 Å². The number of methoxy groups -OCH3 is 1. The van der Waals surface area contributed by atoms with Gasteiger partial charge in [-0.25, -0.2) is 9.69 Å². The van der Waals surface area contributed by atoms with Crippen molar-refractivity contribution in [2.24, 2.45) is 0 Å². The fourth-order valence-corrected chi connectivity index (χ4v) is 3.00. The molecule has 0 radical (unpaired) electrons. The lowest BCUT2D eigenvalue weighted by molar-refractivity contribution is -0.113. The predicted molar refractivity (Wildman–Crippen MR) is 102 cm³/mol. The molecule has 3 rings (SSSR count). The van der Waals surface area contributed by atoms with Crippen molar-refractivity contribution in [2.75, 3.05) is 12.0 Å². The van der Waals surface area contributed by atoms with Crippen LogP contribution in [0.2, 0.25) is 0 Å². The summed E-state index contributed by atoms with van der Waals surface area (Å²) in [7, 11) is 1.65. The second-order valence-corrected chi connectivity index (χ2v) is 6.57. The molecule has 26 heavy (non-hydrogen) atoms. The molecule has 5 nitrogen and oxygen atoms in total. The fourth-order valence-electron chi connectivity index (χ4n) is 3.00.